The lowest BCUT2D eigenvalue weighted by Crippen LogP contribution is -2.14. The van der Waals surface area contributed by atoms with Gasteiger partial charge in [0, 0.05) is 6.92 Å². The predicted molar refractivity (Wildman–Crippen MR) is 92.4 cm³/mol. The van der Waals surface area contributed by atoms with E-state index in [1.807, 2.05) is 18.2 Å². The lowest BCUT2D eigenvalue weighted by atomic mass is 10.1. The molecular formula is C18H26N2O3. The summed E-state index contributed by atoms with van der Waals surface area (Å²) in [5.74, 6) is -0.154. The van der Waals surface area contributed by atoms with Gasteiger partial charge in [-0.3, -0.25) is 9.59 Å². The zero-order valence-electron chi connectivity index (χ0n) is 14.2. The van der Waals surface area contributed by atoms with Crippen LogP contribution in [0.15, 0.2) is 35.4 Å². The number of unbranched alkanes of at least 4 members (excludes halogenated alkanes) is 2. The minimum atomic E-state index is -0.154. The first-order valence-corrected chi connectivity index (χ1v) is 8.18. The SMILES string of the molecule is CCCCCC(CC)OC(C)=O.O=c1[nH]cnc2ccccc12. The van der Waals surface area contributed by atoms with E-state index in [4.69, 9.17) is 4.74 Å². The second-order valence-corrected chi connectivity index (χ2v) is 5.38. The molecule has 5 nitrogen and oxygen atoms in total. The minimum absolute atomic E-state index is 0.0874. The molecule has 23 heavy (non-hydrogen) atoms. The van der Waals surface area contributed by atoms with Crippen molar-refractivity contribution < 1.29 is 9.53 Å². The number of fused-ring (bicyclic) bond motifs is 1. The minimum Gasteiger partial charge on any atom is -0.463 e. The summed E-state index contributed by atoms with van der Waals surface area (Å²) in [6, 6.07) is 7.24. The van der Waals surface area contributed by atoms with Crippen LogP contribution in [0.1, 0.15) is 52.9 Å². The summed E-state index contributed by atoms with van der Waals surface area (Å²) in [4.78, 5) is 28.2. The molecule has 1 unspecified atom stereocenters. The molecule has 0 bridgehead atoms. The number of ether oxygens (including phenoxy) is 1. The average Bonchev–Trinajstić information content (AvgIpc) is 2.55. The Bertz CT molecular complexity index is 647. The average molecular weight is 318 g/mol. The topological polar surface area (TPSA) is 72.1 Å². The lowest BCUT2D eigenvalue weighted by molar-refractivity contribution is -0.146. The fraction of sp³-hybridized carbons (Fsp3) is 0.500. The standard InChI is InChI=1S/C10H20O2.C8H6N2O/c1-4-6-7-8-10(5-2)12-9(3)11;11-8-6-3-1-2-4-7(6)9-5-10-8/h10H,4-8H2,1-3H3;1-5H,(H,9,10,11). The molecular weight excluding hydrogens is 292 g/mol. The van der Waals surface area contributed by atoms with E-state index in [2.05, 4.69) is 23.8 Å². The monoisotopic (exact) mass is 318 g/mol. The predicted octanol–water partition coefficient (Wildman–Crippen LogP) is 3.83. The third kappa shape index (κ3) is 7.08. The first kappa shape index (κ1) is 18.9. The molecule has 126 valence electrons. The highest BCUT2D eigenvalue weighted by Crippen LogP contribution is 2.09. The number of nitrogens with one attached hydrogen (secondary N) is 1. The molecule has 0 aliphatic heterocycles. The van der Waals surface area contributed by atoms with Gasteiger partial charge in [-0.15, -0.1) is 0 Å². The number of hydrogen-bond acceptors (Lipinski definition) is 4. The molecule has 1 atom stereocenters. The number of para-hydroxylation sites is 1. The number of benzene rings is 1. The molecule has 0 spiro atoms. The number of hydrogen-bond donors (Lipinski definition) is 1. The number of H-pyrrole nitrogens is 1. The smallest absolute Gasteiger partial charge is 0.302 e. The maximum absolute atomic E-state index is 11.1. The quantitative estimate of drug-likeness (QED) is 0.649. The molecule has 0 amide bonds. The Morgan fingerprint density at radius 3 is 2.61 bits per heavy atom. The van der Waals surface area contributed by atoms with Crippen LogP contribution in [0.2, 0.25) is 0 Å². The fourth-order valence-corrected chi connectivity index (χ4v) is 2.22. The van der Waals surface area contributed by atoms with Crippen LogP contribution in [0.25, 0.3) is 10.9 Å². The summed E-state index contributed by atoms with van der Waals surface area (Å²) in [5.41, 5.74) is 0.645. The highest BCUT2D eigenvalue weighted by atomic mass is 16.5. The van der Waals surface area contributed by atoms with Gasteiger partial charge >= 0.3 is 5.97 Å². The number of aromatic nitrogens is 2. The summed E-state index contributed by atoms with van der Waals surface area (Å²) in [7, 11) is 0. The molecule has 0 aliphatic rings. The van der Waals surface area contributed by atoms with E-state index in [1.165, 1.54) is 32.5 Å². The first-order chi connectivity index (χ1) is 11.1. The molecule has 5 heteroatoms. The van der Waals surface area contributed by atoms with Crippen molar-refractivity contribution in [1.82, 2.24) is 9.97 Å². The van der Waals surface area contributed by atoms with Crippen molar-refractivity contribution in [3.63, 3.8) is 0 Å². The molecule has 2 aromatic rings. The van der Waals surface area contributed by atoms with Crippen LogP contribution in [0, 0.1) is 0 Å². The summed E-state index contributed by atoms with van der Waals surface area (Å²) < 4.78 is 5.11. The van der Waals surface area contributed by atoms with Crippen molar-refractivity contribution in [2.45, 2.75) is 59.0 Å². The van der Waals surface area contributed by atoms with Crippen LogP contribution in [-0.2, 0) is 9.53 Å². The number of nitrogens with zero attached hydrogens (tertiary/aromatic N) is 1. The summed E-state index contributed by atoms with van der Waals surface area (Å²) >= 11 is 0. The van der Waals surface area contributed by atoms with Crippen LogP contribution >= 0.6 is 0 Å². The van der Waals surface area contributed by atoms with Gasteiger partial charge in [0.15, 0.2) is 0 Å². The molecule has 2 rings (SSSR count). The van der Waals surface area contributed by atoms with Gasteiger partial charge in [-0.1, -0.05) is 38.8 Å². The highest BCUT2D eigenvalue weighted by Gasteiger charge is 2.07. The van der Waals surface area contributed by atoms with Gasteiger partial charge < -0.3 is 9.72 Å². The third-order valence-corrected chi connectivity index (χ3v) is 3.47. The van der Waals surface area contributed by atoms with Gasteiger partial charge in [0.2, 0.25) is 0 Å². The summed E-state index contributed by atoms with van der Waals surface area (Å²) in [6.07, 6.45) is 7.13. The molecule has 1 N–H and O–H groups in total. The molecule has 0 radical (unpaired) electrons. The maximum atomic E-state index is 11.1. The largest absolute Gasteiger partial charge is 0.463 e. The van der Waals surface area contributed by atoms with E-state index in [9.17, 15) is 9.59 Å². The number of aromatic amines is 1. The highest BCUT2D eigenvalue weighted by molar-refractivity contribution is 5.76. The number of carbonyl (C=O) groups excluding carboxylic acids is 1. The Balaban J connectivity index is 0.000000230. The van der Waals surface area contributed by atoms with Crippen molar-refractivity contribution in [3.8, 4) is 0 Å². The van der Waals surface area contributed by atoms with Gasteiger partial charge in [-0.05, 0) is 31.4 Å². The van der Waals surface area contributed by atoms with Crippen molar-refractivity contribution >= 4 is 16.9 Å². The summed E-state index contributed by atoms with van der Waals surface area (Å²) in [5, 5.41) is 0.634. The number of carbonyl (C=O) groups is 1. The molecule has 0 saturated carbocycles. The van der Waals surface area contributed by atoms with Crippen molar-refractivity contribution in [1.29, 1.82) is 0 Å². The van der Waals surface area contributed by atoms with Crippen molar-refractivity contribution in [3.05, 3.63) is 40.9 Å². The molecule has 1 aromatic heterocycles. The van der Waals surface area contributed by atoms with E-state index in [1.54, 1.807) is 6.07 Å². The number of rotatable bonds is 6. The summed E-state index contributed by atoms with van der Waals surface area (Å²) in [6.45, 7) is 5.70. The normalized spacial score (nSPS) is 11.4. The maximum Gasteiger partial charge on any atom is 0.302 e. The van der Waals surface area contributed by atoms with E-state index >= 15 is 0 Å². The second-order valence-electron chi connectivity index (χ2n) is 5.38. The van der Waals surface area contributed by atoms with Gasteiger partial charge in [0.1, 0.15) is 6.10 Å². The van der Waals surface area contributed by atoms with Gasteiger partial charge in [0.05, 0.1) is 17.2 Å². The Morgan fingerprint density at radius 2 is 2.00 bits per heavy atom. The molecule has 1 aromatic carbocycles. The van der Waals surface area contributed by atoms with Crippen LogP contribution in [0.4, 0.5) is 0 Å². The van der Waals surface area contributed by atoms with E-state index in [-0.39, 0.29) is 17.6 Å². The Hall–Kier alpha value is -2.17. The Kier molecular flexibility index (Phi) is 8.65. The first-order valence-electron chi connectivity index (χ1n) is 8.18. The Labute approximate surface area is 137 Å². The van der Waals surface area contributed by atoms with E-state index in [0.717, 1.165) is 18.4 Å². The zero-order valence-corrected chi connectivity index (χ0v) is 14.2. The van der Waals surface area contributed by atoms with Gasteiger partial charge in [0.25, 0.3) is 5.56 Å². The van der Waals surface area contributed by atoms with Crippen molar-refractivity contribution in [2.75, 3.05) is 0 Å². The van der Waals surface area contributed by atoms with Gasteiger partial charge in [-0.25, -0.2) is 4.98 Å². The third-order valence-electron chi connectivity index (χ3n) is 3.47. The fourth-order valence-electron chi connectivity index (χ4n) is 2.22. The zero-order chi connectivity index (χ0) is 17.1. The van der Waals surface area contributed by atoms with E-state index < -0.39 is 0 Å². The lowest BCUT2D eigenvalue weighted by Gasteiger charge is -2.14. The molecule has 0 saturated heterocycles. The van der Waals surface area contributed by atoms with E-state index in [0.29, 0.717) is 5.39 Å². The van der Waals surface area contributed by atoms with Gasteiger partial charge in [-0.2, -0.15) is 0 Å². The number of esters is 1. The van der Waals surface area contributed by atoms with Crippen LogP contribution < -0.4 is 5.56 Å². The second kappa shape index (κ2) is 10.5. The Morgan fingerprint density at radius 1 is 1.26 bits per heavy atom. The van der Waals surface area contributed by atoms with Crippen LogP contribution in [0.5, 0.6) is 0 Å². The molecule has 0 aliphatic carbocycles. The molecule has 0 fully saturated rings. The van der Waals surface area contributed by atoms with Crippen LogP contribution in [0.3, 0.4) is 0 Å². The van der Waals surface area contributed by atoms with Crippen molar-refractivity contribution in [2.24, 2.45) is 0 Å². The molecule has 1 heterocycles. The van der Waals surface area contributed by atoms with Crippen LogP contribution in [-0.4, -0.2) is 22.0 Å².